The van der Waals surface area contributed by atoms with Crippen LogP contribution in [0.1, 0.15) is 12.0 Å². The Morgan fingerprint density at radius 3 is 2.85 bits per heavy atom. The van der Waals surface area contributed by atoms with Gasteiger partial charge in [0.15, 0.2) is 5.54 Å². The zero-order chi connectivity index (χ0) is 14.8. The van der Waals surface area contributed by atoms with Gasteiger partial charge in [-0.15, -0.1) is 0 Å². The van der Waals surface area contributed by atoms with Crippen LogP contribution >= 0.6 is 0 Å². The number of carbonyl (C=O) groups is 1. The van der Waals surface area contributed by atoms with E-state index in [1.165, 1.54) is 12.1 Å². The Morgan fingerprint density at radius 2 is 2.35 bits per heavy atom. The number of nitrogens with zero attached hydrogens (tertiary/aromatic N) is 2. The van der Waals surface area contributed by atoms with Crippen LogP contribution in [0.5, 0.6) is 0 Å². The fourth-order valence-corrected chi connectivity index (χ4v) is 1.99. The van der Waals surface area contributed by atoms with Crippen molar-refractivity contribution >= 4 is 17.3 Å². The third-order valence-electron chi connectivity index (χ3n) is 3.14. The number of nitriles is 1. The summed E-state index contributed by atoms with van der Waals surface area (Å²) in [4.78, 5) is 21.4. The Bertz CT molecular complexity index is 602. The molecule has 0 saturated carbocycles. The number of hydrogen-bond acceptors (Lipinski definition) is 6. The molecular weight excluding hydrogens is 266 g/mol. The fourth-order valence-electron chi connectivity index (χ4n) is 1.99. The maximum absolute atomic E-state index is 11.4. The zero-order valence-corrected chi connectivity index (χ0v) is 10.3. The summed E-state index contributed by atoms with van der Waals surface area (Å²) in [6, 6.07) is 5.47. The summed E-state index contributed by atoms with van der Waals surface area (Å²) in [5.74, 6) is -1.09. The molecule has 0 radical (unpaired) electrons. The minimum Gasteiger partial charge on any atom is -0.479 e. The highest BCUT2D eigenvalue weighted by Crippen LogP contribution is 2.28. The highest BCUT2D eigenvalue weighted by Gasteiger charge is 2.43. The molecule has 1 aromatic rings. The van der Waals surface area contributed by atoms with Crippen LogP contribution < -0.4 is 5.32 Å². The number of nitrogens with one attached hydrogen (secondary N) is 1. The molecule has 0 aromatic heterocycles. The summed E-state index contributed by atoms with van der Waals surface area (Å²) < 4.78 is 5.09. The second-order valence-corrected chi connectivity index (χ2v) is 4.41. The van der Waals surface area contributed by atoms with E-state index in [9.17, 15) is 20.0 Å². The fraction of sp³-hybridized carbons (Fsp3) is 0.333. The minimum absolute atomic E-state index is 0.0201. The van der Waals surface area contributed by atoms with Crippen molar-refractivity contribution in [2.45, 2.75) is 12.0 Å². The predicted octanol–water partition coefficient (Wildman–Crippen LogP) is 1.12. The van der Waals surface area contributed by atoms with Crippen molar-refractivity contribution in [1.82, 2.24) is 0 Å². The Labute approximate surface area is 113 Å². The first kappa shape index (κ1) is 13.8. The molecule has 8 nitrogen and oxygen atoms in total. The maximum Gasteiger partial charge on any atom is 0.331 e. The van der Waals surface area contributed by atoms with E-state index in [0.29, 0.717) is 6.61 Å². The third kappa shape index (κ3) is 2.39. The first-order valence-electron chi connectivity index (χ1n) is 5.76. The van der Waals surface area contributed by atoms with Crippen molar-refractivity contribution in [3.8, 4) is 6.07 Å². The second-order valence-electron chi connectivity index (χ2n) is 4.41. The summed E-state index contributed by atoms with van der Waals surface area (Å²) in [7, 11) is 0. The van der Waals surface area contributed by atoms with E-state index < -0.39 is 16.4 Å². The minimum atomic E-state index is -1.30. The number of rotatable bonds is 4. The highest BCUT2D eigenvalue weighted by molar-refractivity contribution is 5.84. The van der Waals surface area contributed by atoms with E-state index in [1.807, 2.05) is 6.07 Å². The van der Waals surface area contributed by atoms with Crippen molar-refractivity contribution in [1.29, 1.82) is 5.26 Å². The Kier molecular flexibility index (Phi) is 3.54. The smallest absolute Gasteiger partial charge is 0.331 e. The van der Waals surface area contributed by atoms with Crippen molar-refractivity contribution in [2.24, 2.45) is 0 Å². The molecule has 20 heavy (non-hydrogen) atoms. The van der Waals surface area contributed by atoms with Gasteiger partial charge in [0, 0.05) is 25.2 Å². The van der Waals surface area contributed by atoms with Gasteiger partial charge >= 0.3 is 5.97 Å². The number of hydrogen-bond donors (Lipinski definition) is 2. The number of ether oxygens (including phenoxy) is 1. The molecule has 1 aliphatic heterocycles. The molecule has 2 N–H and O–H groups in total. The summed E-state index contributed by atoms with van der Waals surface area (Å²) >= 11 is 0. The topological polar surface area (TPSA) is 125 Å². The van der Waals surface area contributed by atoms with Crippen LogP contribution in [0.2, 0.25) is 0 Å². The molecule has 1 atom stereocenters. The quantitative estimate of drug-likeness (QED) is 0.623. The molecule has 104 valence electrons. The molecule has 1 heterocycles. The van der Waals surface area contributed by atoms with Crippen LogP contribution in [0.15, 0.2) is 18.2 Å². The number of anilines is 1. The van der Waals surface area contributed by atoms with E-state index in [2.05, 4.69) is 5.32 Å². The summed E-state index contributed by atoms with van der Waals surface area (Å²) in [5, 5.41) is 31.8. The van der Waals surface area contributed by atoms with Gasteiger partial charge in [-0.2, -0.15) is 5.26 Å². The first-order chi connectivity index (χ1) is 9.48. The number of nitro benzene ring substituents is 1. The summed E-state index contributed by atoms with van der Waals surface area (Å²) in [6.45, 7) is 0.276. The molecule has 0 aliphatic carbocycles. The van der Waals surface area contributed by atoms with E-state index in [-0.39, 0.29) is 30.0 Å². The molecule has 1 saturated heterocycles. The summed E-state index contributed by atoms with van der Waals surface area (Å²) in [6.07, 6.45) is 0.254. The molecular formula is C12H11N3O5. The van der Waals surface area contributed by atoms with Gasteiger partial charge in [0.05, 0.1) is 22.8 Å². The SMILES string of the molecule is N#Cc1cc([N+](=O)[O-])ccc1NC1(C(=O)O)CCOC1. The van der Waals surface area contributed by atoms with Gasteiger partial charge in [-0.1, -0.05) is 0 Å². The molecule has 0 bridgehead atoms. The van der Waals surface area contributed by atoms with Crippen molar-refractivity contribution in [3.05, 3.63) is 33.9 Å². The number of carboxylic acid groups (broad SMARTS) is 1. The van der Waals surface area contributed by atoms with Crippen molar-refractivity contribution in [3.63, 3.8) is 0 Å². The van der Waals surface area contributed by atoms with E-state index >= 15 is 0 Å². The van der Waals surface area contributed by atoms with Crippen LogP contribution in [-0.4, -0.2) is 34.8 Å². The van der Waals surface area contributed by atoms with Crippen LogP contribution in [0, 0.1) is 21.4 Å². The third-order valence-corrected chi connectivity index (χ3v) is 3.14. The lowest BCUT2D eigenvalue weighted by atomic mass is 9.97. The van der Waals surface area contributed by atoms with Gasteiger partial charge in [0.1, 0.15) is 6.07 Å². The average Bonchev–Trinajstić information content (AvgIpc) is 2.89. The normalized spacial score (nSPS) is 21.1. The summed E-state index contributed by atoms with van der Waals surface area (Å²) in [5.41, 5.74) is -1.27. The Balaban J connectivity index is 2.36. The molecule has 1 aromatic carbocycles. The molecule has 1 aliphatic rings. The molecule has 0 spiro atoms. The lowest BCUT2D eigenvalue weighted by Gasteiger charge is -2.25. The number of benzene rings is 1. The van der Waals surface area contributed by atoms with Gasteiger partial charge in [-0.3, -0.25) is 10.1 Å². The second kappa shape index (κ2) is 5.14. The number of non-ortho nitro benzene ring substituents is 1. The standard InChI is InChI=1S/C12H11N3O5/c13-6-8-5-9(15(18)19)1-2-10(8)14-12(11(16)17)3-4-20-7-12/h1-2,5,14H,3-4,7H2,(H,16,17). The maximum atomic E-state index is 11.4. The van der Waals surface area contributed by atoms with Crippen LogP contribution in [0.4, 0.5) is 11.4 Å². The highest BCUT2D eigenvalue weighted by atomic mass is 16.6. The number of aliphatic carboxylic acids is 1. The molecule has 8 heteroatoms. The average molecular weight is 277 g/mol. The molecule has 0 amide bonds. The first-order valence-corrected chi connectivity index (χ1v) is 5.76. The van der Waals surface area contributed by atoms with E-state index in [0.717, 1.165) is 6.07 Å². The van der Waals surface area contributed by atoms with Crippen LogP contribution in [-0.2, 0) is 9.53 Å². The zero-order valence-electron chi connectivity index (χ0n) is 10.3. The van der Waals surface area contributed by atoms with Crippen molar-refractivity contribution < 1.29 is 19.6 Å². The Hall–Kier alpha value is -2.66. The molecule has 2 rings (SSSR count). The predicted molar refractivity (Wildman–Crippen MR) is 67.2 cm³/mol. The van der Waals surface area contributed by atoms with Crippen LogP contribution in [0.3, 0.4) is 0 Å². The van der Waals surface area contributed by atoms with Gasteiger partial charge < -0.3 is 15.2 Å². The van der Waals surface area contributed by atoms with Gasteiger partial charge in [0.2, 0.25) is 0 Å². The largest absolute Gasteiger partial charge is 0.479 e. The monoisotopic (exact) mass is 277 g/mol. The molecule has 1 unspecified atom stereocenters. The van der Waals surface area contributed by atoms with Gasteiger partial charge in [-0.25, -0.2) is 4.79 Å². The van der Waals surface area contributed by atoms with E-state index in [1.54, 1.807) is 0 Å². The lowest BCUT2D eigenvalue weighted by molar-refractivity contribution is -0.384. The Morgan fingerprint density at radius 1 is 1.60 bits per heavy atom. The number of carboxylic acids is 1. The van der Waals surface area contributed by atoms with Gasteiger partial charge in [-0.05, 0) is 6.07 Å². The van der Waals surface area contributed by atoms with E-state index in [4.69, 9.17) is 10.00 Å². The lowest BCUT2D eigenvalue weighted by Crippen LogP contribution is -2.47. The molecule has 1 fully saturated rings. The van der Waals surface area contributed by atoms with Crippen molar-refractivity contribution in [2.75, 3.05) is 18.5 Å². The van der Waals surface area contributed by atoms with Gasteiger partial charge in [0.25, 0.3) is 5.69 Å². The number of nitro groups is 1. The van der Waals surface area contributed by atoms with Crippen LogP contribution in [0.25, 0.3) is 0 Å².